The van der Waals surface area contributed by atoms with Crippen LogP contribution in [-0.4, -0.2) is 48.5 Å². The van der Waals surface area contributed by atoms with E-state index in [1.54, 1.807) is 33.3 Å². The van der Waals surface area contributed by atoms with Crippen LogP contribution in [0.1, 0.15) is 24.8 Å². The van der Waals surface area contributed by atoms with E-state index in [1.807, 2.05) is 24.3 Å². The average Bonchev–Trinajstić information content (AvgIpc) is 3.16. The minimum atomic E-state index is -3.58. The van der Waals surface area contributed by atoms with Gasteiger partial charge in [0, 0.05) is 30.4 Å². The monoisotopic (exact) mass is 413 g/mol. The molecule has 2 aromatic heterocycles. The van der Waals surface area contributed by atoms with Gasteiger partial charge >= 0.3 is 5.97 Å². The third-order valence-electron chi connectivity index (χ3n) is 5.29. The van der Waals surface area contributed by atoms with Crippen molar-refractivity contribution in [2.75, 3.05) is 20.2 Å². The Balaban J connectivity index is 1.78. The van der Waals surface area contributed by atoms with Crippen LogP contribution in [0.4, 0.5) is 0 Å². The fourth-order valence-electron chi connectivity index (χ4n) is 3.74. The molecular formula is C21H23N3O4S. The number of benzene rings is 1. The van der Waals surface area contributed by atoms with Crippen molar-refractivity contribution < 1.29 is 17.9 Å². The molecule has 8 heteroatoms. The van der Waals surface area contributed by atoms with Gasteiger partial charge in [0.2, 0.25) is 10.0 Å². The van der Waals surface area contributed by atoms with Crippen LogP contribution >= 0.6 is 0 Å². The molecule has 3 aromatic rings. The van der Waals surface area contributed by atoms with Crippen molar-refractivity contribution in [1.29, 1.82) is 0 Å². The van der Waals surface area contributed by atoms with Crippen molar-refractivity contribution in [3.8, 4) is 11.1 Å². The minimum Gasteiger partial charge on any atom is -0.469 e. The van der Waals surface area contributed by atoms with Gasteiger partial charge in [0.25, 0.3) is 0 Å². The molecule has 1 fully saturated rings. The number of rotatable bonds is 5. The Labute approximate surface area is 170 Å². The van der Waals surface area contributed by atoms with Gasteiger partial charge in [-0.1, -0.05) is 24.6 Å². The Morgan fingerprint density at radius 3 is 2.66 bits per heavy atom. The third-order valence-corrected chi connectivity index (χ3v) is 7.25. The number of carbonyl (C=O) groups is 1. The van der Waals surface area contributed by atoms with Crippen LogP contribution in [0.15, 0.2) is 53.7 Å². The molecule has 0 radical (unpaired) electrons. The number of fused-ring (bicyclic) bond motifs is 1. The zero-order valence-electron chi connectivity index (χ0n) is 16.2. The number of carbonyl (C=O) groups excluding carboxylic acids is 1. The first kappa shape index (κ1) is 19.6. The van der Waals surface area contributed by atoms with Gasteiger partial charge in [0.05, 0.1) is 30.1 Å². The lowest BCUT2D eigenvalue weighted by molar-refractivity contribution is -0.139. The van der Waals surface area contributed by atoms with Crippen LogP contribution in [-0.2, 0) is 26.0 Å². The summed E-state index contributed by atoms with van der Waals surface area (Å²) in [5, 5.41) is 4.27. The van der Waals surface area contributed by atoms with Gasteiger partial charge < -0.3 is 4.74 Å². The summed E-state index contributed by atoms with van der Waals surface area (Å²) in [7, 11) is -2.23. The molecule has 0 aliphatic carbocycles. The summed E-state index contributed by atoms with van der Waals surface area (Å²) in [6.45, 7) is 1.11. The second-order valence-electron chi connectivity index (χ2n) is 7.13. The summed E-state index contributed by atoms with van der Waals surface area (Å²) in [5.41, 5.74) is 2.89. The van der Waals surface area contributed by atoms with Gasteiger partial charge in [-0.15, -0.1) is 0 Å². The molecule has 3 heterocycles. The van der Waals surface area contributed by atoms with E-state index in [0.29, 0.717) is 23.5 Å². The lowest BCUT2D eigenvalue weighted by Crippen LogP contribution is -2.35. The minimum absolute atomic E-state index is 0.108. The summed E-state index contributed by atoms with van der Waals surface area (Å²) in [6.07, 6.45) is 6.36. The maximum Gasteiger partial charge on any atom is 0.310 e. The zero-order valence-corrected chi connectivity index (χ0v) is 17.1. The first-order valence-electron chi connectivity index (χ1n) is 9.63. The van der Waals surface area contributed by atoms with Crippen LogP contribution in [0.25, 0.3) is 16.6 Å². The summed E-state index contributed by atoms with van der Waals surface area (Å²) in [4.78, 5) is 12.0. The summed E-state index contributed by atoms with van der Waals surface area (Å²) >= 11 is 0. The predicted molar refractivity (Wildman–Crippen MR) is 109 cm³/mol. The van der Waals surface area contributed by atoms with Gasteiger partial charge in [0.1, 0.15) is 0 Å². The second-order valence-corrected chi connectivity index (χ2v) is 9.04. The number of pyridine rings is 1. The highest BCUT2D eigenvalue weighted by Gasteiger charge is 2.28. The zero-order chi connectivity index (χ0) is 20.4. The van der Waals surface area contributed by atoms with Gasteiger partial charge in [-0.2, -0.15) is 9.40 Å². The number of hydrogen-bond acceptors (Lipinski definition) is 5. The highest BCUT2D eigenvalue weighted by Crippen LogP contribution is 2.31. The predicted octanol–water partition coefficient (Wildman–Crippen LogP) is 2.89. The first-order chi connectivity index (χ1) is 14.0. The van der Waals surface area contributed by atoms with Crippen molar-refractivity contribution >= 4 is 21.5 Å². The average molecular weight is 413 g/mol. The van der Waals surface area contributed by atoms with Crippen molar-refractivity contribution in [2.45, 2.75) is 30.6 Å². The molecule has 0 bridgehead atoms. The standard InChI is InChI=1S/C21H23N3O4S/c1-28-21(25)14-17-15-22-24-12-9-16(13-19(17)24)18-7-3-4-8-20(18)29(26,27)23-10-5-2-6-11-23/h3-4,7-9,12-13,15H,2,5-6,10-11,14H2,1H3. The van der Waals surface area contributed by atoms with Crippen molar-refractivity contribution in [1.82, 2.24) is 13.9 Å². The highest BCUT2D eigenvalue weighted by atomic mass is 32.2. The Hall–Kier alpha value is -2.71. The smallest absolute Gasteiger partial charge is 0.310 e. The number of aromatic nitrogens is 2. The van der Waals surface area contributed by atoms with E-state index in [9.17, 15) is 13.2 Å². The molecule has 1 aromatic carbocycles. The highest BCUT2D eigenvalue weighted by molar-refractivity contribution is 7.89. The molecular weight excluding hydrogens is 390 g/mol. The molecule has 0 saturated carbocycles. The fourth-order valence-corrected chi connectivity index (χ4v) is 5.47. The molecule has 0 unspecified atom stereocenters. The number of hydrogen-bond donors (Lipinski definition) is 0. The molecule has 1 aliphatic rings. The van der Waals surface area contributed by atoms with Gasteiger partial charge in [0.15, 0.2) is 0 Å². The van der Waals surface area contributed by atoms with E-state index in [1.165, 1.54) is 7.11 Å². The van der Waals surface area contributed by atoms with E-state index in [2.05, 4.69) is 5.10 Å². The molecule has 0 spiro atoms. The number of esters is 1. The lowest BCUT2D eigenvalue weighted by atomic mass is 10.1. The number of ether oxygens (including phenoxy) is 1. The van der Waals surface area contributed by atoms with E-state index in [-0.39, 0.29) is 12.4 Å². The largest absolute Gasteiger partial charge is 0.469 e. The van der Waals surface area contributed by atoms with Crippen LogP contribution in [0.3, 0.4) is 0 Å². The van der Waals surface area contributed by atoms with Crippen molar-refractivity contribution in [3.63, 3.8) is 0 Å². The van der Waals surface area contributed by atoms with E-state index >= 15 is 0 Å². The second kappa shape index (κ2) is 7.96. The number of nitrogens with zero attached hydrogens (tertiary/aromatic N) is 3. The summed E-state index contributed by atoms with van der Waals surface area (Å²) in [5.74, 6) is -0.349. The van der Waals surface area contributed by atoms with E-state index in [0.717, 1.165) is 35.9 Å². The Bertz CT molecular complexity index is 1150. The third kappa shape index (κ3) is 3.77. The van der Waals surface area contributed by atoms with Crippen LogP contribution in [0, 0.1) is 0 Å². The molecule has 7 nitrogen and oxygen atoms in total. The Kier molecular flexibility index (Phi) is 5.38. The Morgan fingerprint density at radius 1 is 1.14 bits per heavy atom. The molecule has 0 N–H and O–H groups in total. The maximum atomic E-state index is 13.3. The molecule has 1 aliphatic heterocycles. The molecule has 0 atom stereocenters. The lowest BCUT2D eigenvalue weighted by Gasteiger charge is -2.26. The molecule has 4 rings (SSSR count). The summed E-state index contributed by atoms with van der Waals surface area (Å²) in [6, 6.07) is 10.8. The topological polar surface area (TPSA) is 81.0 Å². The fraction of sp³-hybridized carbons (Fsp3) is 0.333. The van der Waals surface area contributed by atoms with Crippen molar-refractivity contribution in [2.24, 2.45) is 0 Å². The van der Waals surface area contributed by atoms with Crippen molar-refractivity contribution in [3.05, 3.63) is 54.4 Å². The number of methoxy groups -OCH3 is 1. The SMILES string of the molecule is COC(=O)Cc1cnn2ccc(-c3ccccc3S(=O)(=O)N3CCCCC3)cc12. The van der Waals surface area contributed by atoms with Gasteiger partial charge in [-0.25, -0.2) is 12.9 Å². The molecule has 0 amide bonds. The summed E-state index contributed by atoms with van der Waals surface area (Å²) < 4.78 is 34.6. The molecule has 1 saturated heterocycles. The first-order valence-corrected chi connectivity index (χ1v) is 11.1. The number of piperidine rings is 1. The van der Waals surface area contributed by atoms with Crippen LogP contribution in [0.5, 0.6) is 0 Å². The maximum absolute atomic E-state index is 13.3. The van der Waals surface area contributed by atoms with E-state index in [4.69, 9.17) is 4.74 Å². The van der Waals surface area contributed by atoms with E-state index < -0.39 is 10.0 Å². The molecule has 152 valence electrons. The quantitative estimate of drug-likeness (QED) is 0.601. The normalized spacial score (nSPS) is 15.5. The Morgan fingerprint density at radius 2 is 1.90 bits per heavy atom. The number of sulfonamides is 1. The molecule has 29 heavy (non-hydrogen) atoms. The van der Waals surface area contributed by atoms with Gasteiger partial charge in [-0.3, -0.25) is 4.79 Å². The van der Waals surface area contributed by atoms with Crippen LogP contribution < -0.4 is 0 Å². The van der Waals surface area contributed by atoms with Gasteiger partial charge in [-0.05, 0) is 36.6 Å². The van der Waals surface area contributed by atoms with Crippen LogP contribution in [0.2, 0.25) is 0 Å².